The maximum Gasteiger partial charge on any atom is 0.213 e. The average Bonchev–Trinajstić information content (AvgIpc) is 2.76. The van der Waals surface area contributed by atoms with Gasteiger partial charge in [-0.2, -0.15) is 5.10 Å². The van der Waals surface area contributed by atoms with Gasteiger partial charge in [0, 0.05) is 12.1 Å². The number of rotatable bonds is 3. The lowest BCUT2D eigenvalue weighted by Gasteiger charge is -2.07. The number of carbonyl (C=O) groups excluding carboxylic acids is 1. The van der Waals surface area contributed by atoms with Crippen LogP contribution in [0, 0.1) is 11.6 Å². The van der Waals surface area contributed by atoms with E-state index in [1.807, 2.05) is 6.92 Å². The van der Waals surface area contributed by atoms with Crippen molar-refractivity contribution in [3.05, 3.63) is 50.2 Å². The van der Waals surface area contributed by atoms with Crippen molar-refractivity contribution < 1.29 is 13.6 Å². The largest absolute Gasteiger partial charge is 0.287 e. The molecule has 0 aliphatic rings. The minimum absolute atomic E-state index is 0.0507. The molecule has 0 unspecified atom stereocenters. The van der Waals surface area contributed by atoms with Crippen molar-refractivity contribution in [1.82, 2.24) is 9.78 Å². The van der Waals surface area contributed by atoms with Gasteiger partial charge < -0.3 is 0 Å². The first-order chi connectivity index (χ1) is 8.97. The highest BCUT2D eigenvalue weighted by Gasteiger charge is 2.23. The van der Waals surface area contributed by atoms with Crippen LogP contribution in [0.15, 0.2) is 27.3 Å². The van der Waals surface area contributed by atoms with Gasteiger partial charge in [0.2, 0.25) is 5.78 Å². The molecule has 100 valence electrons. The quantitative estimate of drug-likeness (QED) is 0.584. The van der Waals surface area contributed by atoms with Crippen molar-refractivity contribution >= 4 is 37.6 Å². The van der Waals surface area contributed by atoms with Gasteiger partial charge in [-0.05, 0) is 50.9 Å². The summed E-state index contributed by atoms with van der Waals surface area (Å²) >= 11 is 6.13. The molecule has 0 aliphatic carbocycles. The van der Waals surface area contributed by atoms with E-state index in [4.69, 9.17) is 0 Å². The van der Waals surface area contributed by atoms with Gasteiger partial charge in [-0.15, -0.1) is 0 Å². The zero-order chi connectivity index (χ0) is 14.2. The van der Waals surface area contributed by atoms with Gasteiger partial charge in [-0.25, -0.2) is 8.78 Å². The van der Waals surface area contributed by atoms with Crippen LogP contribution in [0.25, 0.3) is 0 Å². The lowest BCUT2D eigenvalue weighted by atomic mass is 10.1. The second kappa shape index (κ2) is 5.50. The molecule has 2 rings (SSSR count). The molecule has 0 bridgehead atoms. The van der Waals surface area contributed by atoms with E-state index >= 15 is 0 Å². The molecular formula is C12H8Br2F2N2O. The Morgan fingerprint density at radius 1 is 1.37 bits per heavy atom. The van der Waals surface area contributed by atoms with E-state index in [1.165, 1.54) is 16.9 Å². The maximum atomic E-state index is 13.5. The molecule has 2 aromatic rings. The zero-order valence-corrected chi connectivity index (χ0v) is 12.9. The molecule has 0 aliphatic heterocycles. The van der Waals surface area contributed by atoms with E-state index < -0.39 is 17.4 Å². The van der Waals surface area contributed by atoms with Crippen LogP contribution in [0.2, 0.25) is 0 Å². The Labute approximate surface area is 124 Å². The Morgan fingerprint density at radius 2 is 2.05 bits per heavy atom. The number of carbonyl (C=O) groups is 1. The minimum Gasteiger partial charge on any atom is -0.287 e. The summed E-state index contributed by atoms with van der Waals surface area (Å²) < 4.78 is 28.3. The van der Waals surface area contributed by atoms with Crippen LogP contribution in [0.3, 0.4) is 0 Å². The summed E-state index contributed by atoms with van der Waals surface area (Å²) in [7, 11) is 0. The lowest BCUT2D eigenvalue weighted by molar-refractivity contribution is 0.102. The number of nitrogens with zero attached hydrogens (tertiary/aromatic N) is 2. The van der Waals surface area contributed by atoms with Crippen molar-refractivity contribution in [3.8, 4) is 0 Å². The summed E-state index contributed by atoms with van der Waals surface area (Å²) in [4.78, 5) is 12.4. The van der Waals surface area contributed by atoms with Crippen molar-refractivity contribution in [3.63, 3.8) is 0 Å². The van der Waals surface area contributed by atoms with Crippen LogP contribution in [0.4, 0.5) is 8.78 Å². The van der Waals surface area contributed by atoms with Crippen LogP contribution in [0.1, 0.15) is 23.0 Å². The zero-order valence-electron chi connectivity index (χ0n) is 9.75. The molecule has 0 atom stereocenters. The standard InChI is InChI=1S/C12H8Br2F2N2O/c1-2-18-11(7(13)5-17-18)12(19)6-3-4-8(15)10(16)9(6)14/h3-5H,2H2,1H3. The highest BCUT2D eigenvalue weighted by atomic mass is 79.9. The second-order valence-electron chi connectivity index (χ2n) is 3.71. The Kier molecular flexibility index (Phi) is 4.15. The summed E-state index contributed by atoms with van der Waals surface area (Å²) in [6, 6.07) is 2.16. The van der Waals surface area contributed by atoms with Gasteiger partial charge in [0.05, 0.1) is 15.1 Å². The van der Waals surface area contributed by atoms with E-state index in [9.17, 15) is 13.6 Å². The molecule has 0 N–H and O–H groups in total. The van der Waals surface area contributed by atoms with Crippen molar-refractivity contribution in [2.45, 2.75) is 13.5 Å². The molecule has 0 saturated carbocycles. The van der Waals surface area contributed by atoms with E-state index in [-0.39, 0.29) is 10.0 Å². The first-order valence-electron chi connectivity index (χ1n) is 5.36. The number of aromatic nitrogens is 2. The highest BCUT2D eigenvalue weighted by molar-refractivity contribution is 9.11. The fourth-order valence-corrected chi connectivity index (χ4v) is 2.63. The molecule has 0 fully saturated rings. The molecule has 19 heavy (non-hydrogen) atoms. The van der Waals surface area contributed by atoms with Gasteiger partial charge >= 0.3 is 0 Å². The maximum absolute atomic E-state index is 13.5. The fraction of sp³-hybridized carbons (Fsp3) is 0.167. The summed E-state index contributed by atoms with van der Waals surface area (Å²) in [5.74, 6) is -2.52. The SMILES string of the molecule is CCn1ncc(Br)c1C(=O)c1ccc(F)c(F)c1Br. The Hall–Kier alpha value is -1.08. The summed E-state index contributed by atoms with van der Waals surface area (Å²) in [6.45, 7) is 2.32. The summed E-state index contributed by atoms with van der Waals surface area (Å²) in [6.07, 6.45) is 1.49. The van der Waals surface area contributed by atoms with Gasteiger partial charge in [0.25, 0.3) is 0 Å². The minimum atomic E-state index is -1.08. The predicted octanol–water partition coefficient (Wildman–Crippen LogP) is 3.94. The van der Waals surface area contributed by atoms with Crippen molar-refractivity contribution in [2.24, 2.45) is 0 Å². The van der Waals surface area contributed by atoms with Crippen LogP contribution in [0.5, 0.6) is 0 Å². The smallest absolute Gasteiger partial charge is 0.213 e. The molecule has 7 heteroatoms. The van der Waals surface area contributed by atoms with Crippen LogP contribution in [-0.4, -0.2) is 15.6 Å². The summed E-state index contributed by atoms with van der Waals surface area (Å²) in [5, 5.41) is 4.02. The van der Waals surface area contributed by atoms with E-state index in [0.29, 0.717) is 16.7 Å². The second-order valence-corrected chi connectivity index (χ2v) is 5.36. The molecule has 0 radical (unpaired) electrons. The first kappa shape index (κ1) is 14.3. The van der Waals surface area contributed by atoms with E-state index in [0.717, 1.165) is 6.07 Å². The number of ketones is 1. The molecule has 1 aromatic heterocycles. The lowest BCUT2D eigenvalue weighted by Crippen LogP contribution is -2.12. The third-order valence-electron chi connectivity index (χ3n) is 2.59. The first-order valence-corrected chi connectivity index (χ1v) is 6.95. The number of aryl methyl sites for hydroxylation is 1. The number of benzene rings is 1. The normalized spacial score (nSPS) is 10.8. The highest BCUT2D eigenvalue weighted by Crippen LogP contribution is 2.27. The monoisotopic (exact) mass is 392 g/mol. The molecular weight excluding hydrogens is 386 g/mol. The van der Waals surface area contributed by atoms with Crippen molar-refractivity contribution in [1.29, 1.82) is 0 Å². The van der Waals surface area contributed by atoms with Gasteiger partial charge in [0.15, 0.2) is 11.6 Å². The number of hydrogen-bond donors (Lipinski definition) is 0. The van der Waals surface area contributed by atoms with Gasteiger partial charge in [-0.1, -0.05) is 0 Å². The number of halogens is 4. The topological polar surface area (TPSA) is 34.9 Å². The fourth-order valence-electron chi connectivity index (χ4n) is 1.66. The van der Waals surface area contributed by atoms with Crippen LogP contribution < -0.4 is 0 Å². The molecule has 0 saturated heterocycles. The Morgan fingerprint density at radius 3 is 2.68 bits per heavy atom. The molecule has 3 nitrogen and oxygen atoms in total. The molecule has 0 spiro atoms. The summed E-state index contributed by atoms with van der Waals surface area (Å²) in [5.41, 5.74) is 0.351. The van der Waals surface area contributed by atoms with E-state index in [2.05, 4.69) is 37.0 Å². The van der Waals surface area contributed by atoms with Crippen LogP contribution >= 0.6 is 31.9 Å². The average molecular weight is 394 g/mol. The third kappa shape index (κ3) is 2.49. The van der Waals surface area contributed by atoms with Crippen molar-refractivity contribution in [2.75, 3.05) is 0 Å². The Bertz CT molecular complexity index is 655. The molecule has 1 aromatic carbocycles. The number of hydrogen-bond acceptors (Lipinski definition) is 2. The van der Waals surface area contributed by atoms with Gasteiger partial charge in [-0.3, -0.25) is 9.48 Å². The molecule has 1 heterocycles. The Balaban J connectivity index is 2.57. The third-order valence-corrected chi connectivity index (χ3v) is 3.94. The molecule has 0 amide bonds. The van der Waals surface area contributed by atoms with Crippen LogP contribution in [-0.2, 0) is 6.54 Å². The van der Waals surface area contributed by atoms with Gasteiger partial charge in [0.1, 0.15) is 5.69 Å². The predicted molar refractivity (Wildman–Crippen MR) is 73.1 cm³/mol. The van der Waals surface area contributed by atoms with E-state index in [1.54, 1.807) is 0 Å².